The topological polar surface area (TPSA) is 102 Å². The number of anilines is 1. The maximum absolute atomic E-state index is 11.9. The van der Waals surface area contributed by atoms with Crippen LogP contribution in [0, 0.1) is 0 Å². The SMILES string of the molecule is CC(=O)NCCC(=O)O[C@H](C)C(=O)Nc1ccc(C(C)=O)cc1. The van der Waals surface area contributed by atoms with Gasteiger partial charge in [0.1, 0.15) is 0 Å². The second-order valence-corrected chi connectivity index (χ2v) is 4.99. The molecule has 0 aliphatic carbocycles. The number of carbonyl (C=O) groups is 4. The molecule has 1 atom stereocenters. The average Bonchev–Trinajstić information content (AvgIpc) is 2.47. The lowest BCUT2D eigenvalue weighted by Gasteiger charge is -2.13. The quantitative estimate of drug-likeness (QED) is 0.582. The van der Waals surface area contributed by atoms with E-state index in [4.69, 9.17) is 4.74 Å². The smallest absolute Gasteiger partial charge is 0.308 e. The lowest BCUT2D eigenvalue weighted by atomic mass is 10.1. The molecule has 1 rings (SSSR count). The molecule has 0 unspecified atom stereocenters. The summed E-state index contributed by atoms with van der Waals surface area (Å²) in [5, 5.41) is 5.06. The normalized spacial score (nSPS) is 11.3. The monoisotopic (exact) mass is 320 g/mol. The summed E-state index contributed by atoms with van der Waals surface area (Å²) in [4.78, 5) is 45.3. The molecule has 0 spiro atoms. The Hall–Kier alpha value is -2.70. The first kappa shape index (κ1) is 18.3. The summed E-state index contributed by atoms with van der Waals surface area (Å²) in [6, 6.07) is 6.39. The molecule has 0 aromatic heterocycles. The molecule has 1 aromatic rings. The highest BCUT2D eigenvalue weighted by molar-refractivity contribution is 5.97. The predicted octanol–water partition coefficient (Wildman–Crippen LogP) is 1.29. The van der Waals surface area contributed by atoms with E-state index in [1.807, 2.05) is 0 Å². The summed E-state index contributed by atoms with van der Waals surface area (Å²) in [5.41, 5.74) is 1.04. The third-order valence-corrected chi connectivity index (χ3v) is 2.94. The second kappa shape index (κ2) is 8.67. The number of carbonyl (C=O) groups excluding carboxylic acids is 4. The summed E-state index contributed by atoms with van der Waals surface area (Å²) in [6.45, 7) is 4.42. The van der Waals surface area contributed by atoms with E-state index in [-0.39, 0.29) is 24.7 Å². The first-order valence-electron chi connectivity index (χ1n) is 7.15. The zero-order valence-electron chi connectivity index (χ0n) is 13.3. The highest BCUT2D eigenvalue weighted by Gasteiger charge is 2.17. The van der Waals surface area contributed by atoms with Gasteiger partial charge in [-0.25, -0.2) is 0 Å². The zero-order valence-corrected chi connectivity index (χ0v) is 13.3. The van der Waals surface area contributed by atoms with Crippen molar-refractivity contribution in [3.8, 4) is 0 Å². The van der Waals surface area contributed by atoms with Crippen molar-refractivity contribution in [2.75, 3.05) is 11.9 Å². The Bertz CT molecular complexity index is 595. The van der Waals surface area contributed by atoms with Crippen LogP contribution < -0.4 is 10.6 Å². The number of esters is 1. The summed E-state index contributed by atoms with van der Waals surface area (Å²) in [6.07, 6.45) is -0.975. The molecule has 2 N–H and O–H groups in total. The van der Waals surface area contributed by atoms with Crippen LogP contribution in [0.3, 0.4) is 0 Å². The standard InChI is InChI=1S/C16H20N2O5/c1-10(19)13-4-6-14(7-5-13)18-16(22)11(2)23-15(21)8-9-17-12(3)20/h4-7,11H,8-9H2,1-3H3,(H,17,20)(H,18,22)/t11-/m1/s1. The molecular weight excluding hydrogens is 300 g/mol. The Morgan fingerprint density at radius 3 is 2.22 bits per heavy atom. The van der Waals surface area contributed by atoms with Crippen LogP contribution in [0.5, 0.6) is 0 Å². The number of benzene rings is 1. The van der Waals surface area contributed by atoms with Gasteiger partial charge in [0.05, 0.1) is 6.42 Å². The predicted molar refractivity (Wildman–Crippen MR) is 83.9 cm³/mol. The van der Waals surface area contributed by atoms with Gasteiger partial charge >= 0.3 is 5.97 Å². The number of ketones is 1. The largest absolute Gasteiger partial charge is 0.452 e. The van der Waals surface area contributed by atoms with E-state index < -0.39 is 18.0 Å². The van der Waals surface area contributed by atoms with E-state index >= 15 is 0 Å². The van der Waals surface area contributed by atoms with E-state index in [9.17, 15) is 19.2 Å². The third-order valence-electron chi connectivity index (χ3n) is 2.94. The average molecular weight is 320 g/mol. The molecule has 23 heavy (non-hydrogen) atoms. The van der Waals surface area contributed by atoms with Gasteiger partial charge in [-0.15, -0.1) is 0 Å². The molecule has 2 amide bonds. The highest BCUT2D eigenvalue weighted by Crippen LogP contribution is 2.11. The zero-order chi connectivity index (χ0) is 17.4. The molecule has 0 saturated carbocycles. The number of nitrogens with one attached hydrogen (secondary N) is 2. The molecule has 0 fully saturated rings. The van der Waals surface area contributed by atoms with E-state index in [0.29, 0.717) is 11.3 Å². The lowest BCUT2D eigenvalue weighted by molar-refractivity contribution is -0.153. The summed E-state index contributed by atoms with van der Waals surface area (Å²) >= 11 is 0. The number of hydrogen-bond acceptors (Lipinski definition) is 5. The molecule has 1 aromatic carbocycles. The Morgan fingerprint density at radius 2 is 1.70 bits per heavy atom. The Balaban J connectivity index is 2.45. The number of hydrogen-bond donors (Lipinski definition) is 2. The minimum absolute atomic E-state index is 0.00942. The Kier molecular flexibility index (Phi) is 6.92. The summed E-state index contributed by atoms with van der Waals surface area (Å²) in [7, 11) is 0. The van der Waals surface area contributed by atoms with Crippen molar-refractivity contribution in [1.29, 1.82) is 0 Å². The van der Waals surface area contributed by atoms with E-state index in [1.54, 1.807) is 24.3 Å². The van der Waals surface area contributed by atoms with Crippen LogP contribution in [0.1, 0.15) is 37.6 Å². The maximum Gasteiger partial charge on any atom is 0.308 e. The lowest BCUT2D eigenvalue weighted by Crippen LogP contribution is -2.31. The number of ether oxygens (including phenoxy) is 1. The van der Waals surface area contributed by atoms with Gasteiger partial charge < -0.3 is 15.4 Å². The van der Waals surface area contributed by atoms with Gasteiger partial charge in [-0.2, -0.15) is 0 Å². The van der Waals surface area contributed by atoms with Crippen molar-refractivity contribution >= 4 is 29.3 Å². The van der Waals surface area contributed by atoms with Crippen molar-refractivity contribution < 1.29 is 23.9 Å². The van der Waals surface area contributed by atoms with Crippen molar-refractivity contribution in [2.45, 2.75) is 33.3 Å². The first-order valence-corrected chi connectivity index (χ1v) is 7.15. The van der Waals surface area contributed by atoms with Gasteiger partial charge in [0.25, 0.3) is 5.91 Å². The highest BCUT2D eigenvalue weighted by atomic mass is 16.5. The summed E-state index contributed by atoms with van der Waals surface area (Å²) in [5.74, 6) is -1.36. The van der Waals surface area contributed by atoms with Crippen molar-refractivity contribution in [3.63, 3.8) is 0 Å². The molecule has 0 aliphatic heterocycles. The first-order chi connectivity index (χ1) is 10.8. The van der Waals surface area contributed by atoms with Crippen molar-refractivity contribution in [1.82, 2.24) is 5.32 Å². The molecule has 0 bridgehead atoms. The van der Waals surface area contributed by atoms with Gasteiger partial charge in [-0.1, -0.05) is 0 Å². The molecule has 0 saturated heterocycles. The molecule has 0 radical (unpaired) electrons. The minimum Gasteiger partial charge on any atom is -0.452 e. The molecule has 0 heterocycles. The fourth-order valence-corrected chi connectivity index (χ4v) is 1.68. The third kappa shape index (κ3) is 6.73. The number of amides is 2. The van der Waals surface area contributed by atoms with E-state index in [0.717, 1.165) is 0 Å². The van der Waals surface area contributed by atoms with Crippen molar-refractivity contribution in [3.05, 3.63) is 29.8 Å². The van der Waals surface area contributed by atoms with Gasteiger partial charge in [0.2, 0.25) is 5.91 Å². The molecular formula is C16H20N2O5. The van der Waals surface area contributed by atoms with Gasteiger partial charge in [-0.05, 0) is 38.1 Å². The van der Waals surface area contributed by atoms with Gasteiger partial charge in [-0.3, -0.25) is 19.2 Å². The fourth-order valence-electron chi connectivity index (χ4n) is 1.68. The van der Waals surface area contributed by atoms with E-state index in [1.165, 1.54) is 20.8 Å². The molecule has 0 aliphatic rings. The number of rotatable bonds is 7. The van der Waals surface area contributed by atoms with Crippen LogP contribution in [0.25, 0.3) is 0 Å². The molecule has 124 valence electrons. The van der Waals surface area contributed by atoms with Crippen LogP contribution in [0.4, 0.5) is 5.69 Å². The van der Waals surface area contributed by atoms with E-state index in [2.05, 4.69) is 10.6 Å². The Morgan fingerprint density at radius 1 is 1.09 bits per heavy atom. The van der Waals surface area contributed by atoms with Gasteiger partial charge in [0, 0.05) is 24.7 Å². The second-order valence-electron chi connectivity index (χ2n) is 4.99. The van der Waals surface area contributed by atoms with Crippen LogP contribution >= 0.6 is 0 Å². The van der Waals surface area contributed by atoms with Crippen LogP contribution in [0.15, 0.2) is 24.3 Å². The number of Topliss-reactive ketones (excluding diaryl/α,β-unsaturated/α-hetero) is 1. The van der Waals surface area contributed by atoms with Gasteiger partial charge in [0.15, 0.2) is 11.9 Å². The fraction of sp³-hybridized carbons (Fsp3) is 0.375. The molecule has 7 nitrogen and oxygen atoms in total. The van der Waals surface area contributed by atoms with Crippen LogP contribution in [-0.4, -0.2) is 36.2 Å². The van der Waals surface area contributed by atoms with Crippen LogP contribution in [0.2, 0.25) is 0 Å². The summed E-state index contributed by atoms with van der Waals surface area (Å²) < 4.78 is 4.97. The van der Waals surface area contributed by atoms with Crippen molar-refractivity contribution in [2.24, 2.45) is 0 Å². The maximum atomic E-state index is 11.9. The Labute approximate surface area is 134 Å². The minimum atomic E-state index is -0.965. The molecule has 7 heteroatoms. The van der Waals surface area contributed by atoms with Crippen LogP contribution in [-0.2, 0) is 19.1 Å².